The third kappa shape index (κ3) is 5.42. The number of hydrogen-bond acceptors (Lipinski definition) is 5. The smallest absolute Gasteiger partial charge is 0.300 e. The lowest BCUT2D eigenvalue weighted by Gasteiger charge is -1.85. The monoisotopic (exact) mass is 197 g/mol. The Morgan fingerprint density at radius 1 is 1.14 bits per heavy atom. The average Bonchev–Trinajstić information content (AvgIpc) is 2.21. The van der Waals surface area contributed by atoms with Gasteiger partial charge in [0, 0.05) is 12.1 Å². The molecule has 0 amide bonds. The number of rotatable bonds is 3. The predicted molar refractivity (Wildman–Crippen MR) is 46.3 cm³/mol. The standard InChI is InChI=1S/C6H5NO2.C2H2O3/c8-7(9)6-4-2-1-3-5-6;3-1-5-2-4/h1-5H;1-2H. The van der Waals surface area contributed by atoms with Gasteiger partial charge in [-0.05, 0) is 0 Å². The second-order valence-electron chi connectivity index (χ2n) is 1.92. The summed E-state index contributed by atoms with van der Waals surface area (Å²) in [5.74, 6) is 0. The van der Waals surface area contributed by atoms with Crippen LogP contribution in [-0.4, -0.2) is 17.9 Å². The van der Waals surface area contributed by atoms with E-state index in [0.717, 1.165) is 0 Å². The summed E-state index contributed by atoms with van der Waals surface area (Å²) in [4.78, 5) is 27.5. The summed E-state index contributed by atoms with van der Waals surface area (Å²) in [7, 11) is 0. The van der Waals surface area contributed by atoms with E-state index in [1.165, 1.54) is 12.1 Å². The number of nitrogens with zero attached hydrogens (tertiary/aromatic N) is 1. The summed E-state index contributed by atoms with van der Waals surface area (Å²) in [6, 6.07) is 7.93. The van der Waals surface area contributed by atoms with Crippen molar-refractivity contribution in [2.24, 2.45) is 0 Å². The molecule has 0 unspecified atom stereocenters. The summed E-state index contributed by atoms with van der Waals surface area (Å²) in [5.41, 5.74) is 0.137. The Hall–Kier alpha value is -2.24. The zero-order valence-corrected chi connectivity index (χ0v) is 7.03. The number of carbonyl (C=O) groups excluding carboxylic acids is 2. The molecule has 0 saturated heterocycles. The van der Waals surface area contributed by atoms with Crippen LogP contribution in [0.1, 0.15) is 0 Å². The largest absolute Gasteiger partial charge is 0.398 e. The maximum atomic E-state index is 10.0. The maximum Gasteiger partial charge on any atom is 0.300 e. The number of hydrogen-bond donors (Lipinski definition) is 0. The van der Waals surface area contributed by atoms with Crippen molar-refractivity contribution in [2.75, 3.05) is 0 Å². The van der Waals surface area contributed by atoms with Crippen LogP contribution in [0.2, 0.25) is 0 Å². The third-order valence-electron chi connectivity index (χ3n) is 1.08. The van der Waals surface area contributed by atoms with Gasteiger partial charge in [-0.2, -0.15) is 0 Å². The van der Waals surface area contributed by atoms with E-state index in [9.17, 15) is 10.1 Å². The van der Waals surface area contributed by atoms with E-state index >= 15 is 0 Å². The summed E-state index contributed by atoms with van der Waals surface area (Å²) in [6.45, 7) is 0.125. The van der Waals surface area contributed by atoms with Crippen molar-refractivity contribution < 1.29 is 19.2 Å². The Morgan fingerprint density at radius 2 is 1.64 bits per heavy atom. The Labute approximate surface area is 79.3 Å². The van der Waals surface area contributed by atoms with Crippen LogP contribution in [0.25, 0.3) is 0 Å². The highest BCUT2D eigenvalue weighted by Crippen LogP contribution is 2.06. The van der Waals surface area contributed by atoms with E-state index in [-0.39, 0.29) is 18.6 Å². The predicted octanol–water partition coefficient (Wildman–Crippen LogP) is 0.911. The average molecular weight is 197 g/mol. The lowest BCUT2D eigenvalue weighted by Crippen LogP contribution is -1.84. The molecule has 74 valence electrons. The Morgan fingerprint density at radius 3 is 1.86 bits per heavy atom. The minimum absolute atomic E-state index is 0.0625. The first-order chi connectivity index (χ1) is 6.72. The van der Waals surface area contributed by atoms with Crippen molar-refractivity contribution in [1.82, 2.24) is 0 Å². The molecule has 0 atom stereocenters. The molecule has 0 aliphatic heterocycles. The van der Waals surface area contributed by atoms with Gasteiger partial charge >= 0.3 is 12.9 Å². The quantitative estimate of drug-likeness (QED) is 0.311. The SMILES string of the molecule is O=COC=O.O=[N+]([O-])c1ccccc1. The number of ether oxygens (including phenoxy) is 1. The molecule has 6 heteroatoms. The number of benzene rings is 1. The van der Waals surface area contributed by atoms with E-state index in [4.69, 9.17) is 9.59 Å². The Kier molecular flexibility index (Phi) is 6.23. The summed E-state index contributed by atoms with van der Waals surface area (Å²) < 4.78 is 3.47. The lowest BCUT2D eigenvalue weighted by molar-refractivity contribution is -0.384. The van der Waals surface area contributed by atoms with Crippen LogP contribution in [0.4, 0.5) is 5.69 Å². The van der Waals surface area contributed by atoms with Gasteiger partial charge in [0.15, 0.2) is 0 Å². The molecule has 0 heterocycles. The highest BCUT2D eigenvalue weighted by Gasteiger charge is 1.98. The van der Waals surface area contributed by atoms with Crippen LogP contribution >= 0.6 is 0 Å². The molecule has 0 aliphatic rings. The Bertz CT molecular complexity index is 292. The molecular weight excluding hydrogens is 190 g/mol. The van der Waals surface area contributed by atoms with Crippen molar-refractivity contribution in [2.45, 2.75) is 0 Å². The van der Waals surface area contributed by atoms with Gasteiger partial charge in [0.25, 0.3) is 5.69 Å². The van der Waals surface area contributed by atoms with Crippen LogP contribution in [0, 0.1) is 10.1 Å². The summed E-state index contributed by atoms with van der Waals surface area (Å²) in [5, 5.41) is 10.0. The van der Waals surface area contributed by atoms with E-state index in [2.05, 4.69) is 4.74 Å². The normalized spacial score (nSPS) is 7.71. The lowest BCUT2D eigenvalue weighted by atomic mass is 10.3. The summed E-state index contributed by atoms with van der Waals surface area (Å²) >= 11 is 0. The maximum absolute atomic E-state index is 10.0. The molecular formula is C8H7NO5. The van der Waals surface area contributed by atoms with Crippen molar-refractivity contribution in [1.29, 1.82) is 0 Å². The molecule has 1 rings (SSSR count). The fraction of sp³-hybridized carbons (Fsp3) is 0. The highest BCUT2D eigenvalue weighted by molar-refractivity contribution is 5.55. The molecule has 0 N–H and O–H groups in total. The molecule has 0 radical (unpaired) electrons. The number of nitro benzene ring substituents is 1. The van der Waals surface area contributed by atoms with Gasteiger partial charge in [0.05, 0.1) is 4.92 Å². The van der Waals surface area contributed by atoms with Crippen LogP contribution in [0.3, 0.4) is 0 Å². The minimum Gasteiger partial charge on any atom is -0.398 e. The molecule has 1 aromatic carbocycles. The van der Waals surface area contributed by atoms with Gasteiger partial charge in [0.1, 0.15) is 0 Å². The number of non-ortho nitro benzene ring substituents is 1. The van der Waals surface area contributed by atoms with Crippen LogP contribution < -0.4 is 0 Å². The molecule has 14 heavy (non-hydrogen) atoms. The van der Waals surface area contributed by atoms with Crippen molar-refractivity contribution in [3.05, 3.63) is 40.4 Å². The first kappa shape index (κ1) is 11.8. The number of carbonyl (C=O) groups is 2. The van der Waals surface area contributed by atoms with Crippen LogP contribution in [0.15, 0.2) is 30.3 Å². The first-order valence-corrected chi connectivity index (χ1v) is 3.44. The van der Waals surface area contributed by atoms with Crippen molar-refractivity contribution >= 4 is 18.6 Å². The molecule has 0 fully saturated rings. The van der Waals surface area contributed by atoms with Gasteiger partial charge in [-0.15, -0.1) is 0 Å². The topological polar surface area (TPSA) is 86.5 Å². The molecule has 6 nitrogen and oxygen atoms in total. The van der Waals surface area contributed by atoms with E-state index in [0.29, 0.717) is 0 Å². The fourth-order valence-electron chi connectivity index (χ4n) is 0.572. The summed E-state index contributed by atoms with van der Waals surface area (Å²) in [6.07, 6.45) is 0. The Balaban J connectivity index is 0.000000292. The fourth-order valence-corrected chi connectivity index (χ4v) is 0.572. The molecule has 0 bridgehead atoms. The molecule has 0 spiro atoms. The molecule has 0 aliphatic carbocycles. The van der Waals surface area contributed by atoms with E-state index in [1.54, 1.807) is 18.2 Å². The second kappa shape index (κ2) is 7.41. The van der Waals surface area contributed by atoms with Crippen molar-refractivity contribution in [3.63, 3.8) is 0 Å². The van der Waals surface area contributed by atoms with Gasteiger partial charge in [-0.25, -0.2) is 0 Å². The van der Waals surface area contributed by atoms with Crippen molar-refractivity contribution in [3.8, 4) is 0 Å². The zero-order chi connectivity index (χ0) is 10.8. The van der Waals surface area contributed by atoms with Crippen LogP contribution in [0.5, 0.6) is 0 Å². The zero-order valence-electron chi connectivity index (χ0n) is 7.03. The molecule has 0 saturated carbocycles. The van der Waals surface area contributed by atoms with Gasteiger partial charge in [-0.1, -0.05) is 18.2 Å². The van der Waals surface area contributed by atoms with Gasteiger partial charge in [-0.3, -0.25) is 19.7 Å². The minimum atomic E-state index is -0.417. The molecule has 1 aromatic rings. The first-order valence-electron chi connectivity index (χ1n) is 3.44. The number of nitro groups is 1. The van der Waals surface area contributed by atoms with E-state index in [1.807, 2.05) is 0 Å². The third-order valence-corrected chi connectivity index (χ3v) is 1.08. The molecule has 0 aromatic heterocycles. The number of para-hydroxylation sites is 1. The highest BCUT2D eigenvalue weighted by atomic mass is 16.6. The van der Waals surface area contributed by atoms with Gasteiger partial charge in [0.2, 0.25) is 0 Å². The van der Waals surface area contributed by atoms with Gasteiger partial charge < -0.3 is 4.74 Å². The van der Waals surface area contributed by atoms with Crippen LogP contribution in [-0.2, 0) is 14.3 Å². The second-order valence-corrected chi connectivity index (χ2v) is 1.92. The van der Waals surface area contributed by atoms with E-state index < -0.39 is 4.92 Å².